The lowest BCUT2D eigenvalue weighted by Crippen LogP contribution is -2.45. The Bertz CT molecular complexity index is 845. The van der Waals surface area contributed by atoms with Crippen molar-refractivity contribution in [1.29, 1.82) is 0 Å². The van der Waals surface area contributed by atoms with Gasteiger partial charge in [-0.1, -0.05) is 0 Å². The van der Waals surface area contributed by atoms with Crippen molar-refractivity contribution in [2.24, 2.45) is 0 Å². The molecule has 3 rings (SSSR count). The van der Waals surface area contributed by atoms with Crippen molar-refractivity contribution in [2.45, 2.75) is 43.5 Å². The highest BCUT2D eigenvalue weighted by Gasteiger charge is 2.32. The number of carbonyl (C=O) groups is 3. The Morgan fingerprint density at radius 1 is 0.933 bits per heavy atom. The summed E-state index contributed by atoms with van der Waals surface area (Å²) in [4.78, 5) is 32.0. The Morgan fingerprint density at radius 2 is 1.43 bits per heavy atom. The number of sulfonamides is 1. The van der Waals surface area contributed by atoms with Crippen molar-refractivity contribution < 1.29 is 33.0 Å². The molecule has 2 heterocycles. The van der Waals surface area contributed by atoms with Crippen LogP contribution in [0, 0.1) is 0 Å². The van der Waals surface area contributed by atoms with Gasteiger partial charge >= 0.3 is 11.9 Å². The predicted molar refractivity (Wildman–Crippen MR) is 109 cm³/mol. The zero-order valence-electron chi connectivity index (χ0n) is 16.8. The van der Waals surface area contributed by atoms with E-state index in [1.165, 1.54) is 19.8 Å². The van der Waals surface area contributed by atoms with E-state index in [0.29, 0.717) is 24.8 Å². The van der Waals surface area contributed by atoms with Gasteiger partial charge in [-0.15, -0.1) is 0 Å². The first-order valence-electron chi connectivity index (χ1n) is 9.69. The van der Waals surface area contributed by atoms with Crippen LogP contribution in [0.3, 0.4) is 0 Å². The van der Waals surface area contributed by atoms with Gasteiger partial charge in [0.15, 0.2) is 0 Å². The zero-order chi connectivity index (χ0) is 22.3. The third-order valence-corrected chi connectivity index (χ3v) is 6.99. The third-order valence-electron chi connectivity index (χ3n) is 5.08. The zero-order valence-corrected chi connectivity index (χ0v) is 17.6. The number of hydrogen-bond acceptors (Lipinski definition) is 6. The molecule has 0 atom stereocenters. The second-order valence-corrected chi connectivity index (χ2v) is 9.13. The minimum absolute atomic E-state index is 0.172. The summed E-state index contributed by atoms with van der Waals surface area (Å²) in [5, 5.41) is 17.4. The van der Waals surface area contributed by atoms with E-state index in [0.717, 1.165) is 25.9 Å². The summed E-state index contributed by atoms with van der Waals surface area (Å²) in [6.45, 7) is 4.90. The standard InChI is InChI=1S/C17H25N3O3S.C2H2O4/c1-14(21)18-15-4-6-17(7-5-15)24(22,23)20-12-8-16(9-13-20)19-10-2-3-11-19;3-1(4)2(5)6/h4-7,16H,2-3,8-13H2,1H3,(H,18,21);(H,3,4)(H,5,6). The maximum absolute atomic E-state index is 12.8. The summed E-state index contributed by atoms with van der Waals surface area (Å²) < 4.78 is 27.1. The molecule has 2 fully saturated rings. The van der Waals surface area contributed by atoms with Crippen molar-refractivity contribution in [3.05, 3.63) is 24.3 Å². The highest BCUT2D eigenvalue weighted by Crippen LogP contribution is 2.25. The molecular weight excluding hydrogens is 414 g/mol. The Kier molecular flexibility index (Phi) is 8.33. The van der Waals surface area contributed by atoms with E-state index in [1.807, 2.05) is 0 Å². The van der Waals surface area contributed by atoms with Gasteiger partial charge in [0.2, 0.25) is 15.9 Å². The molecule has 11 heteroatoms. The molecule has 0 spiro atoms. The molecule has 2 saturated heterocycles. The molecule has 1 aromatic carbocycles. The number of benzene rings is 1. The lowest BCUT2D eigenvalue weighted by Gasteiger charge is -2.36. The van der Waals surface area contributed by atoms with E-state index < -0.39 is 22.0 Å². The second-order valence-electron chi connectivity index (χ2n) is 7.19. The topological polar surface area (TPSA) is 144 Å². The van der Waals surface area contributed by atoms with Gasteiger partial charge in [-0.25, -0.2) is 18.0 Å². The van der Waals surface area contributed by atoms with Crippen molar-refractivity contribution in [2.75, 3.05) is 31.5 Å². The normalized spacial score (nSPS) is 18.3. The molecule has 10 nitrogen and oxygen atoms in total. The summed E-state index contributed by atoms with van der Waals surface area (Å²) in [7, 11) is -3.45. The average Bonchev–Trinajstić information content (AvgIpc) is 3.23. The number of carbonyl (C=O) groups excluding carboxylic acids is 1. The number of hydrogen-bond donors (Lipinski definition) is 3. The molecule has 0 saturated carbocycles. The number of likely N-dealkylation sites (tertiary alicyclic amines) is 1. The van der Waals surface area contributed by atoms with Gasteiger partial charge in [-0.05, 0) is 63.0 Å². The van der Waals surface area contributed by atoms with Gasteiger partial charge in [-0.3, -0.25) is 4.79 Å². The highest BCUT2D eigenvalue weighted by atomic mass is 32.2. The monoisotopic (exact) mass is 441 g/mol. The summed E-state index contributed by atoms with van der Waals surface area (Å²) in [5.41, 5.74) is 0.606. The quantitative estimate of drug-likeness (QED) is 0.588. The first kappa shape index (κ1) is 23.8. The van der Waals surface area contributed by atoms with Crippen LogP contribution in [0.15, 0.2) is 29.2 Å². The molecule has 2 aliphatic rings. The predicted octanol–water partition coefficient (Wildman–Crippen LogP) is 1.05. The van der Waals surface area contributed by atoms with Gasteiger partial charge in [0.25, 0.3) is 0 Å². The van der Waals surface area contributed by atoms with E-state index in [-0.39, 0.29) is 10.8 Å². The number of aliphatic carboxylic acids is 2. The highest BCUT2D eigenvalue weighted by molar-refractivity contribution is 7.89. The van der Waals surface area contributed by atoms with Crippen LogP contribution < -0.4 is 5.32 Å². The molecule has 0 aromatic heterocycles. The van der Waals surface area contributed by atoms with Gasteiger partial charge in [-0.2, -0.15) is 4.31 Å². The Morgan fingerprint density at radius 3 is 1.87 bits per heavy atom. The maximum atomic E-state index is 12.8. The minimum Gasteiger partial charge on any atom is -0.473 e. The number of carboxylic acid groups (broad SMARTS) is 2. The summed E-state index contributed by atoms with van der Waals surface area (Å²) in [6, 6.07) is 6.91. The number of piperidine rings is 1. The van der Waals surface area contributed by atoms with E-state index >= 15 is 0 Å². The molecule has 2 aliphatic heterocycles. The molecule has 166 valence electrons. The molecule has 1 amide bonds. The van der Waals surface area contributed by atoms with E-state index in [4.69, 9.17) is 19.8 Å². The third kappa shape index (κ3) is 6.51. The lowest BCUT2D eigenvalue weighted by molar-refractivity contribution is -0.159. The van der Waals surface area contributed by atoms with Gasteiger partial charge in [0.05, 0.1) is 4.90 Å². The van der Waals surface area contributed by atoms with Crippen LogP contribution in [-0.4, -0.2) is 77.9 Å². The number of anilines is 1. The van der Waals surface area contributed by atoms with Crippen molar-refractivity contribution >= 4 is 33.6 Å². The first-order valence-corrected chi connectivity index (χ1v) is 11.1. The van der Waals surface area contributed by atoms with Crippen LogP contribution in [0.5, 0.6) is 0 Å². The van der Waals surface area contributed by atoms with E-state index in [9.17, 15) is 13.2 Å². The van der Waals surface area contributed by atoms with Gasteiger partial charge in [0, 0.05) is 31.7 Å². The first-order chi connectivity index (χ1) is 14.1. The summed E-state index contributed by atoms with van der Waals surface area (Å²) >= 11 is 0. The number of carboxylic acids is 2. The van der Waals surface area contributed by atoms with Crippen LogP contribution >= 0.6 is 0 Å². The van der Waals surface area contributed by atoms with Crippen molar-refractivity contribution in [3.63, 3.8) is 0 Å². The minimum atomic E-state index is -3.45. The van der Waals surface area contributed by atoms with Crippen LogP contribution in [0.1, 0.15) is 32.6 Å². The van der Waals surface area contributed by atoms with E-state index in [2.05, 4.69) is 10.2 Å². The number of nitrogens with zero attached hydrogens (tertiary/aromatic N) is 2. The van der Waals surface area contributed by atoms with Crippen LogP contribution in [0.4, 0.5) is 5.69 Å². The van der Waals surface area contributed by atoms with Gasteiger partial charge < -0.3 is 20.4 Å². The summed E-state index contributed by atoms with van der Waals surface area (Å²) in [6.07, 6.45) is 4.34. The van der Waals surface area contributed by atoms with Crippen LogP contribution in [0.25, 0.3) is 0 Å². The molecule has 0 bridgehead atoms. The molecule has 1 aromatic rings. The molecule has 0 radical (unpaired) electrons. The van der Waals surface area contributed by atoms with Crippen LogP contribution in [-0.2, 0) is 24.4 Å². The van der Waals surface area contributed by atoms with Crippen LogP contribution in [0.2, 0.25) is 0 Å². The second kappa shape index (κ2) is 10.5. The van der Waals surface area contributed by atoms with Crippen molar-refractivity contribution in [1.82, 2.24) is 9.21 Å². The molecule has 30 heavy (non-hydrogen) atoms. The van der Waals surface area contributed by atoms with Gasteiger partial charge in [0.1, 0.15) is 0 Å². The summed E-state index contributed by atoms with van der Waals surface area (Å²) in [5.74, 6) is -3.82. The maximum Gasteiger partial charge on any atom is 0.414 e. The fraction of sp³-hybridized carbons (Fsp3) is 0.526. The molecule has 0 aliphatic carbocycles. The fourth-order valence-electron chi connectivity index (χ4n) is 3.62. The molecular formula is C19H27N3O7S. The smallest absolute Gasteiger partial charge is 0.414 e. The number of amides is 1. The van der Waals surface area contributed by atoms with Crippen molar-refractivity contribution in [3.8, 4) is 0 Å². The SMILES string of the molecule is CC(=O)Nc1ccc(S(=O)(=O)N2CCC(N3CCCC3)CC2)cc1.O=C(O)C(=O)O. The molecule has 3 N–H and O–H groups in total. The number of nitrogens with one attached hydrogen (secondary N) is 1. The molecule has 0 unspecified atom stereocenters. The Labute approximate surface area is 175 Å². The number of rotatable bonds is 4. The van der Waals surface area contributed by atoms with E-state index in [1.54, 1.807) is 28.6 Å². The largest absolute Gasteiger partial charge is 0.473 e. The average molecular weight is 442 g/mol. The fourth-order valence-corrected chi connectivity index (χ4v) is 5.09. The Balaban J connectivity index is 0.000000469. The lowest BCUT2D eigenvalue weighted by atomic mass is 10.1. The Hall–Kier alpha value is -2.50.